The number of rotatable bonds is 9. The number of nitro benzene ring substituents is 1. The van der Waals surface area contributed by atoms with Crippen molar-refractivity contribution in [2.24, 2.45) is 5.10 Å². The van der Waals surface area contributed by atoms with Crippen molar-refractivity contribution in [3.63, 3.8) is 0 Å². The van der Waals surface area contributed by atoms with Crippen molar-refractivity contribution < 1.29 is 9.66 Å². The first kappa shape index (κ1) is 26.5. The molecule has 0 saturated heterocycles. The van der Waals surface area contributed by atoms with Crippen LogP contribution in [0, 0.1) is 17.0 Å². The maximum absolute atomic E-state index is 13.4. The Bertz CT molecular complexity index is 1570. The summed E-state index contributed by atoms with van der Waals surface area (Å²) >= 11 is 9.60. The number of halogens is 2. The Hall–Kier alpha value is -3.56. The molecule has 3 aromatic carbocycles. The zero-order valence-corrected chi connectivity index (χ0v) is 22.6. The van der Waals surface area contributed by atoms with Gasteiger partial charge in [-0.15, -0.1) is 0 Å². The fourth-order valence-corrected chi connectivity index (χ4v) is 4.46. The number of hydrogen-bond acceptors (Lipinski definition) is 6. The van der Waals surface area contributed by atoms with E-state index in [1.807, 2.05) is 44.2 Å². The number of fused-ring (bicyclic) bond motifs is 1. The van der Waals surface area contributed by atoms with E-state index >= 15 is 0 Å². The van der Waals surface area contributed by atoms with Gasteiger partial charge in [0.1, 0.15) is 12.4 Å². The number of aryl methyl sites for hydroxylation is 2. The number of ether oxygens (including phenoxy) is 1. The first-order chi connectivity index (χ1) is 17.8. The monoisotopic (exact) mass is 582 g/mol. The molecule has 0 radical (unpaired) electrons. The first-order valence-corrected chi connectivity index (χ1v) is 12.9. The Labute approximate surface area is 226 Å². The molecule has 190 valence electrons. The number of unbranched alkanes of at least 4 members (excludes halogenated alkanes) is 1. The van der Waals surface area contributed by atoms with E-state index in [1.54, 1.807) is 12.1 Å². The molecule has 0 atom stereocenters. The normalized spacial score (nSPS) is 11.4. The molecule has 0 aliphatic rings. The van der Waals surface area contributed by atoms with Gasteiger partial charge in [0, 0.05) is 27.5 Å². The Morgan fingerprint density at radius 1 is 1.22 bits per heavy atom. The van der Waals surface area contributed by atoms with Gasteiger partial charge in [0.2, 0.25) is 5.75 Å². The molecule has 4 rings (SSSR count). The lowest BCUT2D eigenvalue weighted by atomic mass is 10.1. The van der Waals surface area contributed by atoms with Gasteiger partial charge >= 0.3 is 5.69 Å². The molecule has 0 amide bonds. The highest BCUT2D eigenvalue weighted by Crippen LogP contribution is 2.34. The second-order valence-electron chi connectivity index (χ2n) is 8.53. The van der Waals surface area contributed by atoms with Crippen molar-refractivity contribution >= 4 is 50.3 Å². The summed E-state index contributed by atoms with van der Waals surface area (Å²) in [5.74, 6) is 0.510. The smallest absolute Gasteiger partial charge is 0.313 e. The molecule has 10 heteroatoms. The summed E-state index contributed by atoms with van der Waals surface area (Å²) in [7, 11) is 0. The molecule has 0 spiro atoms. The van der Waals surface area contributed by atoms with Crippen LogP contribution in [0.1, 0.15) is 42.3 Å². The standard InChI is InChI=1S/C27H24BrClN4O4/c1-3-4-8-25-31-23-10-9-20(28)13-22(23)27(34)32(25)30-15-19-12-21(29)14-24(33(35)36)26(19)37-16-18-7-5-6-17(2)11-18/h5-7,9-15H,3-4,8,16H2,1-2H3. The van der Waals surface area contributed by atoms with Crippen LogP contribution in [0.25, 0.3) is 10.9 Å². The summed E-state index contributed by atoms with van der Waals surface area (Å²) < 4.78 is 7.91. The third-order valence-electron chi connectivity index (χ3n) is 5.67. The lowest BCUT2D eigenvalue weighted by Gasteiger charge is -2.12. The van der Waals surface area contributed by atoms with Crippen LogP contribution in [0.4, 0.5) is 5.69 Å². The fourth-order valence-electron chi connectivity index (χ4n) is 3.88. The predicted octanol–water partition coefficient (Wildman–Crippen LogP) is 6.83. The Balaban J connectivity index is 1.81. The molecule has 0 aliphatic heterocycles. The maximum atomic E-state index is 13.4. The van der Waals surface area contributed by atoms with Crippen LogP contribution in [0.5, 0.6) is 5.75 Å². The van der Waals surface area contributed by atoms with Gasteiger partial charge in [0.25, 0.3) is 5.56 Å². The summed E-state index contributed by atoms with van der Waals surface area (Å²) in [6, 6.07) is 15.7. The number of aromatic nitrogens is 2. The zero-order valence-electron chi connectivity index (χ0n) is 20.3. The number of benzene rings is 3. The van der Waals surface area contributed by atoms with Gasteiger partial charge in [-0.2, -0.15) is 9.78 Å². The second kappa shape index (κ2) is 11.7. The third-order valence-corrected chi connectivity index (χ3v) is 6.38. The summed E-state index contributed by atoms with van der Waals surface area (Å²) in [6.45, 7) is 4.11. The fraction of sp³-hybridized carbons (Fsp3) is 0.222. The van der Waals surface area contributed by atoms with Crippen LogP contribution < -0.4 is 10.3 Å². The van der Waals surface area contributed by atoms with Gasteiger partial charge in [-0.05, 0) is 43.2 Å². The van der Waals surface area contributed by atoms with Crippen molar-refractivity contribution in [1.29, 1.82) is 0 Å². The van der Waals surface area contributed by atoms with Crippen LogP contribution in [-0.4, -0.2) is 20.8 Å². The summed E-state index contributed by atoms with van der Waals surface area (Å²) in [5.41, 5.74) is 2.12. The van der Waals surface area contributed by atoms with E-state index in [0.29, 0.717) is 23.1 Å². The topological polar surface area (TPSA) is 99.6 Å². The summed E-state index contributed by atoms with van der Waals surface area (Å²) in [4.78, 5) is 29.3. The predicted molar refractivity (Wildman–Crippen MR) is 149 cm³/mol. The number of nitrogens with zero attached hydrogens (tertiary/aromatic N) is 4. The van der Waals surface area contributed by atoms with E-state index in [-0.39, 0.29) is 34.2 Å². The van der Waals surface area contributed by atoms with Gasteiger partial charge in [0.15, 0.2) is 0 Å². The average Bonchev–Trinajstić information content (AvgIpc) is 2.86. The molecular formula is C27H24BrClN4O4. The molecule has 8 nitrogen and oxygen atoms in total. The molecule has 1 heterocycles. The van der Waals surface area contributed by atoms with E-state index in [2.05, 4.69) is 26.0 Å². The molecule has 0 bridgehead atoms. The molecular weight excluding hydrogens is 560 g/mol. The molecule has 37 heavy (non-hydrogen) atoms. The van der Waals surface area contributed by atoms with Crippen LogP contribution in [0.2, 0.25) is 5.02 Å². The minimum absolute atomic E-state index is 0.0132. The van der Waals surface area contributed by atoms with E-state index in [1.165, 1.54) is 23.0 Å². The SMILES string of the molecule is CCCCc1nc2ccc(Br)cc2c(=O)n1N=Cc1cc(Cl)cc([N+](=O)[O-])c1OCc1cccc(C)c1. The van der Waals surface area contributed by atoms with Gasteiger partial charge < -0.3 is 4.74 Å². The highest BCUT2D eigenvalue weighted by atomic mass is 79.9. The minimum atomic E-state index is -0.553. The van der Waals surface area contributed by atoms with Gasteiger partial charge in [-0.1, -0.05) is 70.7 Å². The van der Waals surface area contributed by atoms with Crippen molar-refractivity contribution in [2.75, 3.05) is 0 Å². The first-order valence-electron chi connectivity index (χ1n) is 11.7. The van der Waals surface area contributed by atoms with E-state index in [9.17, 15) is 14.9 Å². The quantitative estimate of drug-likeness (QED) is 0.122. The van der Waals surface area contributed by atoms with Crippen LogP contribution in [0.15, 0.2) is 69.0 Å². The summed E-state index contributed by atoms with van der Waals surface area (Å²) in [6.07, 6.45) is 3.63. The molecule has 4 aromatic rings. The zero-order chi connectivity index (χ0) is 26.5. The Morgan fingerprint density at radius 2 is 2.03 bits per heavy atom. The van der Waals surface area contributed by atoms with E-state index in [4.69, 9.17) is 16.3 Å². The lowest BCUT2D eigenvalue weighted by molar-refractivity contribution is -0.385. The van der Waals surface area contributed by atoms with Gasteiger partial charge in [-0.3, -0.25) is 14.9 Å². The van der Waals surface area contributed by atoms with Crippen LogP contribution in [0.3, 0.4) is 0 Å². The largest absolute Gasteiger partial charge is 0.481 e. The molecule has 0 fully saturated rings. The average molecular weight is 584 g/mol. The van der Waals surface area contributed by atoms with Crippen molar-refractivity contribution in [1.82, 2.24) is 9.66 Å². The molecule has 1 aromatic heterocycles. The Morgan fingerprint density at radius 3 is 2.76 bits per heavy atom. The third kappa shape index (κ3) is 6.23. The molecule has 0 aliphatic carbocycles. The van der Waals surface area contributed by atoms with E-state index < -0.39 is 4.92 Å². The molecule has 0 N–H and O–H groups in total. The summed E-state index contributed by atoms with van der Waals surface area (Å²) in [5, 5.41) is 16.8. The molecule has 0 unspecified atom stereocenters. The second-order valence-corrected chi connectivity index (χ2v) is 9.88. The van der Waals surface area contributed by atoms with Crippen molar-refractivity contribution in [3.05, 3.63) is 107 Å². The van der Waals surface area contributed by atoms with Crippen LogP contribution >= 0.6 is 27.5 Å². The van der Waals surface area contributed by atoms with Gasteiger partial charge in [0.05, 0.1) is 22.0 Å². The highest BCUT2D eigenvalue weighted by molar-refractivity contribution is 9.10. The lowest BCUT2D eigenvalue weighted by Crippen LogP contribution is -2.22. The van der Waals surface area contributed by atoms with Crippen molar-refractivity contribution in [3.8, 4) is 5.75 Å². The highest BCUT2D eigenvalue weighted by Gasteiger charge is 2.21. The van der Waals surface area contributed by atoms with Crippen molar-refractivity contribution in [2.45, 2.75) is 39.7 Å². The van der Waals surface area contributed by atoms with E-state index in [0.717, 1.165) is 28.4 Å². The maximum Gasteiger partial charge on any atom is 0.313 e. The number of hydrogen-bond donors (Lipinski definition) is 0. The minimum Gasteiger partial charge on any atom is -0.481 e. The van der Waals surface area contributed by atoms with Crippen LogP contribution in [-0.2, 0) is 13.0 Å². The molecule has 0 saturated carbocycles. The number of nitro groups is 1. The Kier molecular flexibility index (Phi) is 8.35. The van der Waals surface area contributed by atoms with Gasteiger partial charge in [-0.25, -0.2) is 4.98 Å².